The minimum absolute atomic E-state index is 0.109. The van der Waals surface area contributed by atoms with E-state index in [2.05, 4.69) is 4.90 Å². The molecule has 0 aliphatic carbocycles. The summed E-state index contributed by atoms with van der Waals surface area (Å²) in [6.07, 6.45) is 4.42. The van der Waals surface area contributed by atoms with Gasteiger partial charge in [-0.15, -0.1) is 0 Å². The Balaban J connectivity index is 1.20. The van der Waals surface area contributed by atoms with Crippen LogP contribution >= 0.6 is 0 Å². The lowest BCUT2D eigenvalue weighted by atomic mass is 10.1. The first-order valence-corrected chi connectivity index (χ1v) is 11.0. The predicted octanol–water partition coefficient (Wildman–Crippen LogP) is 1.53. The highest BCUT2D eigenvalue weighted by molar-refractivity contribution is 5.78. The van der Waals surface area contributed by atoms with E-state index in [1.807, 2.05) is 28.0 Å². The maximum atomic E-state index is 12.6. The highest BCUT2D eigenvalue weighted by Gasteiger charge is 2.24. The average molecular weight is 415 g/mol. The second kappa shape index (κ2) is 9.47. The number of fused-ring (bicyclic) bond motifs is 1. The number of para-hydroxylation sites is 2. The zero-order valence-electron chi connectivity index (χ0n) is 17.4. The molecule has 162 valence electrons. The van der Waals surface area contributed by atoms with E-state index < -0.39 is 0 Å². The average Bonchev–Trinajstić information content (AvgIpc) is 3.10. The van der Waals surface area contributed by atoms with Crippen molar-refractivity contribution in [3.8, 4) is 0 Å². The van der Waals surface area contributed by atoms with Crippen molar-refractivity contribution in [2.75, 3.05) is 45.8 Å². The summed E-state index contributed by atoms with van der Waals surface area (Å²) < 4.78 is 6.83. The molecule has 2 amide bonds. The summed E-state index contributed by atoms with van der Waals surface area (Å²) in [5.41, 5.74) is 1.34. The van der Waals surface area contributed by atoms with E-state index >= 15 is 0 Å². The molecule has 30 heavy (non-hydrogen) atoms. The number of hydrogen-bond donors (Lipinski definition) is 0. The summed E-state index contributed by atoms with van der Waals surface area (Å²) in [6.45, 7) is 5.46. The maximum Gasteiger partial charge on any atom is 0.419 e. The number of oxazole rings is 1. The summed E-state index contributed by atoms with van der Waals surface area (Å²) in [5, 5.41) is 0. The molecule has 0 spiro atoms. The molecule has 2 aliphatic heterocycles. The SMILES string of the molecule is O=C(CCCn1c(=O)oc2ccccc21)N1CCN(CC(=O)N2CCCCC2)CC1. The van der Waals surface area contributed by atoms with Gasteiger partial charge in [-0.05, 0) is 37.8 Å². The molecule has 2 fully saturated rings. The number of amides is 2. The fraction of sp³-hybridized carbons (Fsp3) is 0.591. The van der Waals surface area contributed by atoms with E-state index in [4.69, 9.17) is 4.42 Å². The van der Waals surface area contributed by atoms with Crippen LogP contribution in [-0.4, -0.2) is 76.9 Å². The van der Waals surface area contributed by atoms with E-state index in [1.54, 1.807) is 10.6 Å². The van der Waals surface area contributed by atoms with Crippen LogP contribution in [0.1, 0.15) is 32.1 Å². The van der Waals surface area contributed by atoms with Gasteiger partial charge in [0, 0.05) is 52.2 Å². The lowest BCUT2D eigenvalue weighted by molar-refractivity contribution is -0.135. The van der Waals surface area contributed by atoms with Crippen LogP contribution in [0.2, 0.25) is 0 Å². The Morgan fingerprint density at radius 1 is 0.867 bits per heavy atom. The van der Waals surface area contributed by atoms with Gasteiger partial charge in [-0.1, -0.05) is 12.1 Å². The van der Waals surface area contributed by atoms with Gasteiger partial charge in [-0.3, -0.25) is 19.1 Å². The molecular weight excluding hydrogens is 384 g/mol. The Hall–Kier alpha value is -2.61. The lowest BCUT2D eigenvalue weighted by Crippen LogP contribution is -2.52. The minimum Gasteiger partial charge on any atom is -0.408 e. The molecule has 0 saturated carbocycles. The van der Waals surface area contributed by atoms with Crippen LogP contribution in [0.25, 0.3) is 11.1 Å². The number of piperidine rings is 1. The summed E-state index contributed by atoms with van der Waals surface area (Å²) in [5.74, 6) is -0.0549. The van der Waals surface area contributed by atoms with Gasteiger partial charge >= 0.3 is 5.76 Å². The first-order valence-electron chi connectivity index (χ1n) is 11.0. The zero-order chi connectivity index (χ0) is 20.9. The van der Waals surface area contributed by atoms with Gasteiger partial charge in [-0.25, -0.2) is 4.79 Å². The third-order valence-corrected chi connectivity index (χ3v) is 6.14. The number of rotatable bonds is 6. The van der Waals surface area contributed by atoms with Gasteiger partial charge in [0.15, 0.2) is 5.58 Å². The van der Waals surface area contributed by atoms with Gasteiger partial charge in [0.2, 0.25) is 11.8 Å². The van der Waals surface area contributed by atoms with Crippen molar-refractivity contribution < 1.29 is 14.0 Å². The van der Waals surface area contributed by atoms with Crippen LogP contribution in [-0.2, 0) is 16.1 Å². The predicted molar refractivity (Wildman–Crippen MR) is 113 cm³/mol. The van der Waals surface area contributed by atoms with E-state index in [0.29, 0.717) is 44.6 Å². The Labute approximate surface area is 176 Å². The molecule has 0 radical (unpaired) electrons. The Bertz CT molecular complexity index is 936. The monoisotopic (exact) mass is 414 g/mol. The minimum atomic E-state index is -0.379. The molecule has 4 rings (SSSR count). The normalized spacial score (nSPS) is 18.1. The summed E-state index contributed by atoms with van der Waals surface area (Å²) in [7, 11) is 0. The van der Waals surface area contributed by atoms with E-state index in [1.165, 1.54) is 6.42 Å². The standard InChI is InChI=1S/C22H30N4O4/c27-20(9-6-12-26-18-7-2-3-8-19(18)30-22(26)29)25-15-13-23(14-16-25)17-21(28)24-10-4-1-5-11-24/h2-3,7-8H,1,4-6,9-17H2. The number of piperazine rings is 1. The van der Waals surface area contributed by atoms with E-state index in [-0.39, 0.29) is 17.6 Å². The molecule has 1 aromatic carbocycles. The van der Waals surface area contributed by atoms with Gasteiger partial charge in [0.1, 0.15) is 0 Å². The summed E-state index contributed by atoms with van der Waals surface area (Å²) in [4.78, 5) is 43.0. The Kier molecular flexibility index (Phi) is 6.52. The molecule has 0 atom stereocenters. The zero-order valence-corrected chi connectivity index (χ0v) is 17.4. The Morgan fingerprint density at radius 2 is 1.57 bits per heavy atom. The second-order valence-electron chi connectivity index (χ2n) is 8.19. The second-order valence-corrected chi connectivity index (χ2v) is 8.19. The smallest absolute Gasteiger partial charge is 0.408 e. The molecule has 8 heteroatoms. The van der Waals surface area contributed by atoms with E-state index in [0.717, 1.165) is 44.5 Å². The highest BCUT2D eigenvalue weighted by atomic mass is 16.4. The lowest BCUT2D eigenvalue weighted by Gasteiger charge is -2.36. The van der Waals surface area contributed by atoms with Crippen LogP contribution in [0.4, 0.5) is 0 Å². The van der Waals surface area contributed by atoms with Gasteiger partial charge in [0.25, 0.3) is 0 Å². The van der Waals surface area contributed by atoms with Crippen molar-refractivity contribution in [1.29, 1.82) is 0 Å². The topological polar surface area (TPSA) is 79.0 Å². The number of nitrogens with zero attached hydrogens (tertiary/aromatic N) is 4. The fourth-order valence-corrected chi connectivity index (χ4v) is 4.36. The molecule has 0 N–H and O–H groups in total. The van der Waals surface area contributed by atoms with Crippen molar-refractivity contribution in [2.24, 2.45) is 0 Å². The molecule has 3 heterocycles. The van der Waals surface area contributed by atoms with Crippen molar-refractivity contribution in [2.45, 2.75) is 38.6 Å². The number of carbonyl (C=O) groups is 2. The van der Waals surface area contributed by atoms with Crippen molar-refractivity contribution in [1.82, 2.24) is 19.3 Å². The molecule has 1 aromatic heterocycles. The number of likely N-dealkylation sites (tertiary alicyclic amines) is 1. The van der Waals surface area contributed by atoms with Gasteiger partial charge in [0.05, 0.1) is 12.1 Å². The highest BCUT2D eigenvalue weighted by Crippen LogP contribution is 2.14. The van der Waals surface area contributed by atoms with Crippen molar-refractivity contribution in [3.05, 3.63) is 34.8 Å². The maximum absolute atomic E-state index is 12.6. The van der Waals surface area contributed by atoms with Crippen LogP contribution < -0.4 is 5.76 Å². The number of carbonyl (C=O) groups excluding carboxylic acids is 2. The molecular formula is C22H30N4O4. The number of aromatic nitrogens is 1. The van der Waals surface area contributed by atoms with Crippen LogP contribution in [0.3, 0.4) is 0 Å². The molecule has 2 aromatic rings. The third-order valence-electron chi connectivity index (χ3n) is 6.14. The third kappa shape index (κ3) is 4.75. The van der Waals surface area contributed by atoms with Crippen LogP contribution in [0.15, 0.2) is 33.5 Å². The van der Waals surface area contributed by atoms with Crippen molar-refractivity contribution >= 4 is 22.9 Å². The fourth-order valence-electron chi connectivity index (χ4n) is 4.36. The van der Waals surface area contributed by atoms with Gasteiger partial charge < -0.3 is 14.2 Å². The van der Waals surface area contributed by atoms with Crippen molar-refractivity contribution in [3.63, 3.8) is 0 Å². The number of benzene rings is 1. The largest absolute Gasteiger partial charge is 0.419 e. The molecule has 2 saturated heterocycles. The summed E-state index contributed by atoms with van der Waals surface area (Å²) >= 11 is 0. The first-order chi connectivity index (χ1) is 14.6. The summed E-state index contributed by atoms with van der Waals surface area (Å²) in [6, 6.07) is 7.33. The van der Waals surface area contributed by atoms with Gasteiger partial charge in [-0.2, -0.15) is 0 Å². The Morgan fingerprint density at radius 3 is 2.33 bits per heavy atom. The first kappa shape index (κ1) is 20.7. The molecule has 8 nitrogen and oxygen atoms in total. The quantitative estimate of drug-likeness (QED) is 0.716. The number of aryl methyl sites for hydroxylation is 1. The van der Waals surface area contributed by atoms with E-state index in [9.17, 15) is 14.4 Å². The molecule has 2 aliphatic rings. The van der Waals surface area contributed by atoms with Crippen LogP contribution in [0.5, 0.6) is 0 Å². The molecule has 0 bridgehead atoms. The van der Waals surface area contributed by atoms with Crippen LogP contribution in [0, 0.1) is 0 Å². The molecule has 0 unspecified atom stereocenters. The number of hydrogen-bond acceptors (Lipinski definition) is 5.